The van der Waals surface area contributed by atoms with Gasteiger partial charge >= 0.3 is 0 Å². The molecule has 2 nitrogen and oxygen atoms in total. The van der Waals surface area contributed by atoms with Crippen molar-refractivity contribution in [3.63, 3.8) is 0 Å². The fourth-order valence-corrected chi connectivity index (χ4v) is 1.85. The van der Waals surface area contributed by atoms with E-state index in [0.717, 1.165) is 12.7 Å². The molecule has 0 saturated heterocycles. The molecule has 1 aliphatic heterocycles. The Bertz CT molecular complexity index is 204. The van der Waals surface area contributed by atoms with Crippen molar-refractivity contribution in [3.05, 3.63) is 11.9 Å². The first-order valence-corrected chi connectivity index (χ1v) is 4.87. The van der Waals surface area contributed by atoms with Crippen LogP contribution in [0.5, 0.6) is 0 Å². The number of hydrogen-bond donors (Lipinski definition) is 0. The fourth-order valence-electron chi connectivity index (χ4n) is 1.85. The Labute approximate surface area is 74.8 Å². The van der Waals surface area contributed by atoms with Gasteiger partial charge in [0.05, 0.1) is 6.67 Å². The lowest BCUT2D eigenvalue weighted by atomic mass is 10.1. The van der Waals surface area contributed by atoms with Gasteiger partial charge in [0.2, 0.25) is 0 Å². The minimum absolute atomic E-state index is 0.666. The van der Waals surface area contributed by atoms with E-state index in [9.17, 15) is 0 Å². The molecule has 0 amide bonds. The molecule has 0 aromatic rings. The zero-order chi connectivity index (χ0) is 8.72. The Balaban J connectivity index is 2.05. The summed E-state index contributed by atoms with van der Waals surface area (Å²) in [6.07, 6.45) is 5.15. The molecular weight excluding hydrogens is 148 g/mol. The largest absolute Gasteiger partial charge is 0.359 e. The summed E-state index contributed by atoms with van der Waals surface area (Å²) in [5.41, 5.74) is 1.49. The summed E-state index contributed by atoms with van der Waals surface area (Å²) in [5, 5.41) is 0. The van der Waals surface area contributed by atoms with Crippen LogP contribution < -0.4 is 0 Å². The van der Waals surface area contributed by atoms with Gasteiger partial charge in [-0.15, -0.1) is 0 Å². The highest BCUT2D eigenvalue weighted by molar-refractivity contribution is 5.10. The lowest BCUT2D eigenvalue weighted by Gasteiger charge is -2.20. The van der Waals surface area contributed by atoms with E-state index in [1.807, 2.05) is 0 Å². The van der Waals surface area contributed by atoms with Crippen molar-refractivity contribution in [3.8, 4) is 0 Å². The third-order valence-corrected chi connectivity index (χ3v) is 2.72. The maximum atomic E-state index is 2.48. The Morgan fingerprint density at radius 1 is 1.42 bits per heavy atom. The molecule has 2 heteroatoms. The van der Waals surface area contributed by atoms with Crippen molar-refractivity contribution < 1.29 is 0 Å². The van der Waals surface area contributed by atoms with Crippen molar-refractivity contribution in [1.29, 1.82) is 0 Å². The molecule has 1 aliphatic carbocycles. The molecule has 0 N–H and O–H groups in total. The second-order valence-corrected chi connectivity index (χ2v) is 4.29. The topological polar surface area (TPSA) is 6.48 Å². The van der Waals surface area contributed by atoms with Crippen LogP contribution in [0, 0.1) is 5.92 Å². The first-order valence-electron chi connectivity index (χ1n) is 4.87. The van der Waals surface area contributed by atoms with Gasteiger partial charge in [0.25, 0.3) is 0 Å². The van der Waals surface area contributed by atoms with Gasteiger partial charge < -0.3 is 9.80 Å². The second kappa shape index (κ2) is 2.68. The summed E-state index contributed by atoms with van der Waals surface area (Å²) in [7, 11) is 2.19. The van der Waals surface area contributed by atoms with Crippen LogP contribution in [0.4, 0.5) is 0 Å². The van der Waals surface area contributed by atoms with Crippen molar-refractivity contribution in [1.82, 2.24) is 9.80 Å². The quantitative estimate of drug-likeness (QED) is 0.617. The average molecular weight is 166 g/mol. The molecule has 0 aromatic carbocycles. The number of hydrogen-bond acceptors (Lipinski definition) is 2. The van der Waals surface area contributed by atoms with Crippen molar-refractivity contribution in [2.45, 2.75) is 32.7 Å². The standard InChI is InChI=1S/C10H18N2/c1-8(2)10-6-12(7-11(10)3)9-4-5-9/h6,8-9H,4-5,7H2,1-3H3. The van der Waals surface area contributed by atoms with Crippen molar-refractivity contribution in [2.24, 2.45) is 5.92 Å². The fraction of sp³-hybridized carbons (Fsp3) is 0.800. The third kappa shape index (κ3) is 1.30. The Hall–Kier alpha value is -0.660. The smallest absolute Gasteiger partial charge is 0.0896 e. The summed E-state index contributed by atoms with van der Waals surface area (Å²) >= 11 is 0. The van der Waals surface area contributed by atoms with E-state index in [1.54, 1.807) is 0 Å². The van der Waals surface area contributed by atoms with Crippen LogP contribution in [0.25, 0.3) is 0 Å². The molecule has 0 aromatic heterocycles. The normalized spacial score (nSPS) is 23.8. The van der Waals surface area contributed by atoms with E-state index in [-0.39, 0.29) is 0 Å². The minimum Gasteiger partial charge on any atom is -0.359 e. The van der Waals surface area contributed by atoms with Gasteiger partial charge in [-0.2, -0.15) is 0 Å². The monoisotopic (exact) mass is 166 g/mol. The molecule has 68 valence electrons. The van der Waals surface area contributed by atoms with E-state index in [4.69, 9.17) is 0 Å². The molecule has 0 unspecified atom stereocenters. The van der Waals surface area contributed by atoms with E-state index < -0.39 is 0 Å². The predicted molar refractivity (Wildman–Crippen MR) is 50.4 cm³/mol. The molecule has 0 radical (unpaired) electrons. The SMILES string of the molecule is CC(C)C1=CN(C2CC2)CN1C. The first kappa shape index (κ1) is 7.96. The lowest BCUT2D eigenvalue weighted by molar-refractivity contribution is 0.273. The lowest BCUT2D eigenvalue weighted by Crippen LogP contribution is -2.25. The molecule has 0 bridgehead atoms. The molecule has 1 saturated carbocycles. The summed E-state index contributed by atoms with van der Waals surface area (Å²) < 4.78 is 0. The average Bonchev–Trinajstić information content (AvgIpc) is 2.75. The van der Waals surface area contributed by atoms with Gasteiger partial charge in [-0.1, -0.05) is 13.8 Å². The summed E-state index contributed by atoms with van der Waals surface area (Å²) in [5.74, 6) is 0.666. The minimum atomic E-state index is 0.666. The number of allylic oxidation sites excluding steroid dienone is 1. The van der Waals surface area contributed by atoms with Gasteiger partial charge in [-0.3, -0.25) is 0 Å². The summed E-state index contributed by atoms with van der Waals surface area (Å²) in [6, 6.07) is 0.865. The summed E-state index contributed by atoms with van der Waals surface area (Å²) in [6.45, 7) is 5.63. The predicted octanol–water partition coefficient (Wildman–Crippen LogP) is 1.85. The van der Waals surface area contributed by atoms with Crippen LogP contribution >= 0.6 is 0 Å². The van der Waals surface area contributed by atoms with Gasteiger partial charge in [0, 0.05) is 25.0 Å². The first-order chi connectivity index (χ1) is 5.68. The van der Waals surface area contributed by atoms with Gasteiger partial charge in [0.15, 0.2) is 0 Å². The molecule has 0 atom stereocenters. The van der Waals surface area contributed by atoms with Gasteiger partial charge in [-0.25, -0.2) is 0 Å². The number of rotatable bonds is 2. The Morgan fingerprint density at radius 3 is 2.50 bits per heavy atom. The Kier molecular flexibility index (Phi) is 1.78. The molecule has 1 fully saturated rings. The van der Waals surface area contributed by atoms with Crippen LogP contribution in [0.3, 0.4) is 0 Å². The molecule has 2 aliphatic rings. The van der Waals surface area contributed by atoms with Crippen LogP contribution in [-0.2, 0) is 0 Å². The van der Waals surface area contributed by atoms with Crippen LogP contribution in [0.1, 0.15) is 26.7 Å². The highest BCUT2D eigenvalue weighted by Gasteiger charge is 2.31. The van der Waals surface area contributed by atoms with Crippen LogP contribution in [-0.4, -0.2) is 29.6 Å². The van der Waals surface area contributed by atoms with E-state index in [2.05, 4.69) is 36.9 Å². The van der Waals surface area contributed by atoms with Crippen LogP contribution in [0.2, 0.25) is 0 Å². The number of nitrogens with zero attached hydrogens (tertiary/aromatic N) is 2. The van der Waals surface area contributed by atoms with Crippen molar-refractivity contribution >= 4 is 0 Å². The van der Waals surface area contributed by atoms with Gasteiger partial charge in [0.1, 0.15) is 0 Å². The zero-order valence-electron chi connectivity index (χ0n) is 8.25. The maximum Gasteiger partial charge on any atom is 0.0896 e. The molecular formula is C10H18N2. The van der Waals surface area contributed by atoms with Gasteiger partial charge in [-0.05, 0) is 18.8 Å². The molecule has 2 rings (SSSR count). The maximum absolute atomic E-state index is 2.48. The molecule has 0 spiro atoms. The Morgan fingerprint density at radius 2 is 2.08 bits per heavy atom. The molecule has 12 heavy (non-hydrogen) atoms. The molecule has 1 heterocycles. The van der Waals surface area contributed by atoms with Crippen molar-refractivity contribution in [2.75, 3.05) is 13.7 Å². The zero-order valence-corrected chi connectivity index (χ0v) is 8.25. The van der Waals surface area contributed by atoms with Crippen LogP contribution in [0.15, 0.2) is 11.9 Å². The van der Waals surface area contributed by atoms with E-state index in [0.29, 0.717) is 5.92 Å². The van der Waals surface area contributed by atoms with E-state index >= 15 is 0 Å². The highest BCUT2D eigenvalue weighted by atomic mass is 15.4. The van der Waals surface area contributed by atoms with E-state index in [1.165, 1.54) is 18.5 Å². The second-order valence-electron chi connectivity index (χ2n) is 4.29. The third-order valence-electron chi connectivity index (χ3n) is 2.72. The highest BCUT2D eigenvalue weighted by Crippen LogP contribution is 2.32. The summed E-state index contributed by atoms with van der Waals surface area (Å²) in [4.78, 5) is 4.85.